The quantitative estimate of drug-likeness (QED) is 0.337. The van der Waals surface area contributed by atoms with Crippen molar-refractivity contribution in [1.82, 2.24) is 5.43 Å². The van der Waals surface area contributed by atoms with Crippen molar-refractivity contribution in [3.63, 3.8) is 0 Å². The number of rotatable bonds is 4. The molecule has 5 nitrogen and oxygen atoms in total. The maximum atomic E-state index is 11.8. The van der Waals surface area contributed by atoms with Gasteiger partial charge < -0.3 is 5.73 Å². The standard InChI is InChI=1S/C11H13BrN4O/c1-2-16(7-10(13)14)15-11(17)8-3-5-9(12)6-4-8/h3-7H,2H2,1H3,(H3-,13,14,15,17)/p+1. The Hall–Kier alpha value is -1.69. The second-order valence-corrected chi connectivity index (χ2v) is 4.23. The molecule has 0 saturated heterocycles. The number of nitrogens with two attached hydrogens (primary N) is 1. The van der Waals surface area contributed by atoms with Crippen molar-refractivity contribution in [1.29, 1.82) is 5.41 Å². The summed E-state index contributed by atoms with van der Waals surface area (Å²) in [5, 5.41) is 7.13. The Labute approximate surface area is 108 Å². The van der Waals surface area contributed by atoms with Gasteiger partial charge in [-0.1, -0.05) is 15.9 Å². The van der Waals surface area contributed by atoms with E-state index in [1.807, 2.05) is 6.92 Å². The van der Waals surface area contributed by atoms with Gasteiger partial charge in [-0.3, -0.25) is 10.2 Å². The van der Waals surface area contributed by atoms with Crippen molar-refractivity contribution in [3.8, 4) is 0 Å². The first kappa shape index (κ1) is 13.4. The van der Waals surface area contributed by atoms with E-state index in [1.54, 1.807) is 24.3 Å². The van der Waals surface area contributed by atoms with Crippen molar-refractivity contribution in [3.05, 3.63) is 34.3 Å². The Kier molecular flexibility index (Phi) is 4.84. The molecule has 0 unspecified atom stereocenters. The molecule has 0 saturated carbocycles. The molecule has 90 valence electrons. The molecule has 1 aromatic rings. The number of halogens is 1. The van der Waals surface area contributed by atoms with Crippen LogP contribution in [0.4, 0.5) is 0 Å². The fraction of sp³-hybridized carbons (Fsp3) is 0.182. The van der Waals surface area contributed by atoms with Crippen LogP contribution < -0.4 is 11.2 Å². The molecule has 0 radical (unpaired) electrons. The Bertz CT molecular complexity index is 453. The molecule has 0 aliphatic carbocycles. The smallest absolute Gasteiger partial charge is 0.304 e. The van der Waals surface area contributed by atoms with Gasteiger partial charge in [0.05, 0.1) is 0 Å². The van der Waals surface area contributed by atoms with Gasteiger partial charge in [0, 0.05) is 10.0 Å². The minimum atomic E-state index is -0.239. The van der Waals surface area contributed by atoms with Crippen LogP contribution in [0.1, 0.15) is 17.3 Å². The largest absolute Gasteiger partial charge is 0.379 e. The Balaban J connectivity index is 2.78. The lowest BCUT2D eigenvalue weighted by Gasteiger charge is -2.02. The van der Waals surface area contributed by atoms with Gasteiger partial charge in [-0.15, -0.1) is 10.1 Å². The summed E-state index contributed by atoms with van der Waals surface area (Å²) in [6.45, 7) is 2.38. The van der Waals surface area contributed by atoms with E-state index in [9.17, 15) is 4.79 Å². The molecule has 0 heterocycles. The van der Waals surface area contributed by atoms with Crippen LogP contribution in [-0.4, -0.2) is 29.2 Å². The number of carbonyl (C=O) groups is 1. The first-order valence-corrected chi connectivity index (χ1v) is 5.84. The molecule has 6 heteroatoms. The van der Waals surface area contributed by atoms with Crippen LogP contribution >= 0.6 is 15.9 Å². The Morgan fingerprint density at radius 1 is 1.53 bits per heavy atom. The van der Waals surface area contributed by atoms with Gasteiger partial charge >= 0.3 is 5.91 Å². The molecule has 0 aliphatic heterocycles. The summed E-state index contributed by atoms with van der Waals surface area (Å²) in [6.07, 6.45) is 1.36. The van der Waals surface area contributed by atoms with E-state index in [2.05, 4.69) is 21.4 Å². The molecule has 17 heavy (non-hydrogen) atoms. The van der Waals surface area contributed by atoms with Gasteiger partial charge in [0.25, 0.3) is 0 Å². The topological polar surface area (TPSA) is 82.0 Å². The number of nitrogens with one attached hydrogen (secondary N) is 2. The van der Waals surface area contributed by atoms with E-state index in [0.717, 1.165) is 4.47 Å². The van der Waals surface area contributed by atoms with Gasteiger partial charge in [-0.2, -0.15) is 0 Å². The molecule has 1 rings (SSSR count). The number of amidine groups is 1. The third kappa shape index (κ3) is 4.36. The zero-order valence-corrected chi connectivity index (χ0v) is 11.0. The highest BCUT2D eigenvalue weighted by Gasteiger charge is 2.11. The van der Waals surface area contributed by atoms with Crippen LogP contribution in [0.5, 0.6) is 0 Å². The molecule has 1 amide bonds. The average Bonchev–Trinajstić information content (AvgIpc) is 2.28. The third-order valence-corrected chi connectivity index (χ3v) is 2.52. The van der Waals surface area contributed by atoms with Gasteiger partial charge in [-0.25, -0.2) is 0 Å². The number of hydrogen-bond donors (Lipinski definition) is 3. The summed E-state index contributed by atoms with van der Waals surface area (Å²) in [6, 6.07) is 7.00. The number of carbonyl (C=O) groups excluding carboxylic acids is 1. The van der Waals surface area contributed by atoms with Gasteiger partial charge in [-0.05, 0) is 31.2 Å². The van der Waals surface area contributed by atoms with E-state index in [1.165, 1.54) is 10.9 Å². The van der Waals surface area contributed by atoms with Crippen molar-refractivity contribution in [2.75, 3.05) is 6.54 Å². The van der Waals surface area contributed by atoms with Crippen molar-refractivity contribution < 1.29 is 9.48 Å². The molecule has 0 bridgehead atoms. The molecule has 0 aromatic heterocycles. The molecule has 4 N–H and O–H groups in total. The highest BCUT2D eigenvalue weighted by Crippen LogP contribution is 2.10. The zero-order chi connectivity index (χ0) is 12.8. The second-order valence-electron chi connectivity index (χ2n) is 3.32. The van der Waals surface area contributed by atoms with Crippen LogP contribution in [0.3, 0.4) is 0 Å². The molecular formula is C11H14BrN4O+. The number of hydrazone groups is 1. The lowest BCUT2D eigenvalue weighted by Crippen LogP contribution is -2.37. The van der Waals surface area contributed by atoms with Gasteiger partial charge in [0.2, 0.25) is 6.21 Å². The first-order valence-electron chi connectivity index (χ1n) is 5.05. The fourth-order valence-corrected chi connectivity index (χ4v) is 1.43. The van der Waals surface area contributed by atoms with E-state index in [-0.39, 0.29) is 11.7 Å². The minimum Gasteiger partial charge on any atom is -0.379 e. The normalized spacial score (nSPS) is 11.1. The van der Waals surface area contributed by atoms with Crippen molar-refractivity contribution in [2.45, 2.75) is 6.92 Å². The minimum absolute atomic E-state index is 0.108. The summed E-state index contributed by atoms with van der Waals surface area (Å²) < 4.78 is 2.38. The van der Waals surface area contributed by atoms with Gasteiger partial charge in [0.15, 0.2) is 12.4 Å². The molecular weight excluding hydrogens is 284 g/mol. The van der Waals surface area contributed by atoms with E-state index >= 15 is 0 Å². The van der Waals surface area contributed by atoms with Crippen LogP contribution in [0, 0.1) is 5.41 Å². The van der Waals surface area contributed by atoms with Crippen LogP contribution in [0.25, 0.3) is 0 Å². The molecule has 1 aromatic carbocycles. The number of nitrogens with zero attached hydrogens (tertiary/aromatic N) is 1. The van der Waals surface area contributed by atoms with E-state index in [4.69, 9.17) is 11.1 Å². The predicted octanol–water partition coefficient (Wildman–Crippen LogP) is 1.13. The van der Waals surface area contributed by atoms with Crippen molar-refractivity contribution >= 4 is 33.9 Å². The molecule has 0 fully saturated rings. The highest BCUT2D eigenvalue weighted by atomic mass is 79.9. The molecule has 0 aliphatic rings. The lowest BCUT2D eigenvalue weighted by atomic mass is 10.2. The summed E-state index contributed by atoms with van der Waals surface area (Å²) >= 11 is 3.30. The Morgan fingerprint density at radius 2 is 2.12 bits per heavy atom. The van der Waals surface area contributed by atoms with E-state index in [0.29, 0.717) is 12.1 Å². The van der Waals surface area contributed by atoms with Crippen LogP contribution in [0.15, 0.2) is 28.7 Å². The predicted molar refractivity (Wildman–Crippen MR) is 70.4 cm³/mol. The second kappa shape index (κ2) is 6.15. The molecule has 0 spiro atoms. The number of hydrazine groups is 1. The zero-order valence-electron chi connectivity index (χ0n) is 9.40. The number of amides is 1. The number of hydrogen-bond acceptors (Lipinski definition) is 2. The van der Waals surface area contributed by atoms with Crippen molar-refractivity contribution in [2.24, 2.45) is 5.73 Å². The summed E-state index contributed by atoms with van der Waals surface area (Å²) in [4.78, 5) is 11.8. The van der Waals surface area contributed by atoms with Crippen LogP contribution in [0.2, 0.25) is 0 Å². The fourth-order valence-electron chi connectivity index (χ4n) is 1.17. The third-order valence-electron chi connectivity index (χ3n) is 1.99. The monoisotopic (exact) mass is 297 g/mol. The first-order chi connectivity index (χ1) is 8.02. The summed E-state index contributed by atoms with van der Waals surface area (Å²) in [5.74, 6) is -0.347. The maximum Gasteiger partial charge on any atom is 0.304 e. The van der Waals surface area contributed by atoms with Gasteiger partial charge in [0.1, 0.15) is 0 Å². The summed E-state index contributed by atoms with van der Waals surface area (Å²) in [5.41, 5.74) is 8.41. The SMILES string of the molecule is CC[N+](=CC(=N)N)NC(=O)c1ccc(Br)cc1. The highest BCUT2D eigenvalue weighted by molar-refractivity contribution is 9.10. The average molecular weight is 298 g/mol. The Morgan fingerprint density at radius 3 is 2.59 bits per heavy atom. The summed E-state index contributed by atoms with van der Waals surface area (Å²) in [7, 11) is 0. The number of benzene rings is 1. The maximum absolute atomic E-state index is 11.8. The lowest BCUT2D eigenvalue weighted by molar-refractivity contribution is -0.563. The van der Waals surface area contributed by atoms with E-state index < -0.39 is 0 Å². The molecule has 0 atom stereocenters. The van der Waals surface area contributed by atoms with Crippen LogP contribution in [-0.2, 0) is 0 Å².